The Morgan fingerprint density at radius 3 is 2.06 bits per heavy atom. The summed E-state index contributed by atoms with van der Waals surface area (Å²) in [6.07, 6.45) is 6.25. The third-order valence-electron chi connectivity index (χ3n) is 3.43. The molecule has 1 saturated carbocycles. The monoisotopic (exact) mass is 248 g/mol. The minimum absolute atomic E-state index is 0.389. The quantitative estimate of drug-likeness (QED) is 0.738. The minimum atomic E-state index is -3.21. The molecule has 0 atom stereocenters. The molecule has 0 aromatic carbocycles. The number of hydrogen-bond acceptors (Lipinski definition) is 3. The highest BCUT2D eigenvalue weighted by Gasteiger charge is 2.34. The van der Waals surface area contributed by atoms with Crippen LogP contribution in [0.4, 0.5) is 0 Å². The fraction of sp³-hybridized carbons (Fsp3) is 1.00. The summed E-state index contributed by atoms with van der Waals surface area (Å²) < 4.78 is 26.7. The van der Waals surface area contributed by atoms with Crippen molar-refractivity contribution in [3.05, 3.63) is 0 Å². The maximum atomic E-state index is 11.9. The van der Waals surface area contributed by atoms with Gasteiger partial charge in [-0.05, 0) is 26.7 Å². The number of rotatable bonds is 4. The van der Waals surface area contributed by atoms with Gasteiger partial charge in [0.15, 0.2) is 0 Å². The van der Waals surface area contributed by atoms with E-state index in [1.54, 1.807) is 13.8 Å². The molecule has 1 aliphatic carbocycles. The first-order valence-corrected chi connectivity index (χ1v) is 7.69. The second kappa shape index (κ2) is 5.47. The van der Waals surface area contributed by atoms with Gasteiger partial charge in [0.25, 0.3) is 0 Å². The van der Waals surface area contributed by atoms with Gasteiger partial charge >= 0.3 is 0 Å². The summed E-state index contributed by atoms with van der Waals surface area (Å²) in [4.78, 5) is 0. The lowest BCUT2D eigenvalue weighted by Crippen LogP contribution is -2.54. The summed E-state index contributed by atoms with van der Waals surface area (Å²) in [5, 5.41) is -0.390. The molecule has 4 nitrogen and oxygen atoms in total. The van der Waals surface area contributed by atoms with Crippen LogP contribution >= 0.6 is 0 Å². The van der Waals surface area contributed by atoms with E-state index in [0.29, 0.717) is 6.54 Å². The van der Waals surface area contributed by atoms with E-state index >= 15 is 0 Å². The molecular formula is C11H24N2O2S. The Morgan fingerprint density at radius 1 is 1.19 bits per heavy atom. The van der Waals surface area contributed by atoms with E-state index in [0.717, 1.165) is 25.7 Å². The van der Waals surface area contributed by atoms with Crippen LogP contribution in [-0.4, -0.2) is 25.8 Å². The van der Waals surface area contributed by atoms with E-state index in [2.05, 4.69) is 4.72 Å². The van der Waals surface area contributed by atoms with Gasteiger partial charge in [0.1, 0.15) is 0 Å². The van der Waals surface area contributed by atoms with Crippen LogP contribution < -0.4 is 10.5 Å². The number of hydrogen-bond donors (Lipinski definition) is 2. The normalized spacial score (nSPS) is 22.0. The van der Waals surface area contributed by atoms with Crippen molar-refractivity contribution in [1.82, 2.24) is 4.72 Å². The van der Waals surface area contributed by atoms with E-state index in [-0.39, 0.29) is 10.8 Å². The van der Waals surface area contributed by atoms with Crippen LogP contribution in [0.15, 0.2) is 0 Å². The Labute approximate surface area is 99.0 Å². The Balaban J connectivity index is 2.80. The van der Waals surface area contributed by atoms with Gasteiger partial charge in [0.2, 0.25) is 10.0 Å². The summed E-state index contributed by atoms with van der Waals surface area (Å²) in [6.45, 7) is 3.80. The van der Waals surface area contributed by atoms with Crippen molar-refractivity contribution < 1.29 is 8.42 Å². The van der Waals surface area contributed by atoms with Crippen LogP contribution in [0.2, 0.25) is 0 Å². The first kappa shape index (κ1) is 13.9. The predicted octanol–water partition coefficient (Wildman–Crippen LogP) is 1.37. The second-order valence-corrected chi connectivity index (χ2v) is 7.33. The van der Waals surface area contributed by atoms with Gasteiger partial charge in [-0.2, -0.15) is 0 Å². The summed E-state index contributed by atoms with van der Waals surface area (Å²) in [5.74, 6) is 0. The Hall–Kier alpha value is -0.130. The first-order valence-electron chi connectivity index (χ1n) is 6.15. The lowest BCUT2D eigenvalue weighted by Gasteiger charge is -2.33. The first-order chi connectivity index (χ1) is 7.42. The molecule has 0 unspecified atom stereocenters. The van der Waals surface area contributed by atoms with Crippen LogP contribution in [-0.2, 0) is 10.0 Å². The molecule has 1 aliphatic rings. The summed E-state index contributed by atoms with van der Waals surface area (Å²) in [6, 6.07) is 0. The smallest absolute Gasteiger partial charge is 0.214 e. The highest BCUT2D eigenvalue weighted by Crippen LogP contribution is 2.27. The molecule has 0 aliphatic heterocycles. The molecular weight excluding hydrogens is 224 g/mol. The molecule has 1 fully saturated rings. The fourth-order valence-electron chi connectivity index (χ4n) is 2.17. The molecule has 1 rings (SSSR count). The summed E-state index contributed by atoms with van der Waals surface area (Å²) in [5.41, 5.74) is 5.40. The van der Waals surface area contributed by atoms with Gasteiger partial charge in [0, 0.05) is 12.1 Å². The van der Waals surface area contributed by atoms with Crippen LogP contribution in [0, 0.1) is 0 Å². The number of sulfonamides is 1. The van der Waals surface area contributed by atoms with Gasteiger partial charge in [-0.1, -0.05) is 25.7 Å². The zero-order valence-electron chi connectivity index (χ0n) is 10.3. The number of nitrogens with one attached hydrogen (secondary N) is 1. The fourth-order valence-corrected chi connectivity index (χ4v) is 3.30. The summed E-state index contributed by atoms with van der Waals surface area (Å²) >= 11 is 0. The molecule has 0 spiro atoms. The van der Waals surface area contributed by atoms with Gasteiger partial charge in [-0.25, -0.2) is 13.1 Å². The third kappa shape index (κ3) is 3.43. The Bertz CT molecular complexity index is 304. The van der Waals surface area contributed by atoms with E-state index in [1.807, 2.05) is 0 Å². The molecule has 16 heavy (non-hydrogen) atoms. The van der Waals surface area contributed by atoms with E-state index in [1.165, 1.54) is 12.8 Å². The van der Waals surface area contributed by atoms with Crippen LogP contribution in [0.3, 0.4) is 0 Å². The number of nitrogens with two attached hydrogens (primary N) is 1. The highest BCUT2D eigenvalue weighted by atomic mass is 32.2. The van der Waals surface area contributed by atoms with Crippen LogP contribution in [0.25, 0.3) is 0 Å². The van der Waals surface area contributed by atoms with E-state index in [9.17, 15) is 8.42 Å². The van der Waals surface area contributed by atoms with Crippen molar-refractivity contribution >= 4 is 10.0 Å². The SMILES string of the molecule is CC(C)S(=O)(=O)NC1(CN)CCCCCC1. The Morgan fingerprint density at radius 2 is 1.69 bits per heavy atom. The van der Waals surface area contributed by atoms with Crippen LogP contribution in [0.1, 0.15) is 52.4 Å². The van der Waals surface area contributed by atoms with E-state index in [4.69, 9.17) is 5.73 Å². The molecule has 0 bridgehead atoms. The molecule has 0 aromatic heterocycles. The lowest BCUT2D eigenvalue weighted by molar-refractivity contribution is 0.341. The van der Waals surface area contributed by atoms with Crippen molar-refractivity contribution in [2.75, 3.05) is 6.54 Å². The molecule has 0 heterocycles. The van der Waals surface area contributed by atoms with Gasteiger partial charge < -0.3 is 5.73 Å². The maximum absolute atomic E-state index is 11.9. The van der Waals surface area contributed by atoms with Crippen molar-refractivity contribution in [1.29, 1.82) is 0 Å². The third-order valence-corrected chi connectivity index (χ3v) is 5.39. The summed E-state index contributed by atoms with van der Waals surface area (Å²) in [7, 11) is -3.21. The molecule has 0 amide bonds. The van der Waals surface area contributed by atoms with Gasteiger partial charge in [0.05, 0.1) is 5.25 Å². The molecule has 3 N–H and O–H groups in total. The van der Waals surface area contributed by atoms with E-state index < -0.39 is 10.0 Å². The van der Waals surface area contributed by atoms with Crippen molar-refractivity contribution in [3.8, 4) is 0 Å². The maximum Gasteiger partial charge on any atom is 0.214 e. The van der Waals surface area contributed by atoms with Crippen molar-refractivity contribution in [3.63, 3.8) is 0 Å². The van der Waals surface area contributed by atoms with Crippen LogP contribution in [0.5, 0.6) is 0 Å². The standard InChI is InChI=1S/C11H24N2O2S/c1-10(2)16(14,15)13-11(9-12)7-5-3-4-6-8-11/h10,13H,3-9,12H2,1-2H3. The molecule has 5 heteroatoms. The molecule has 0 aromatic rings. The van der Waals surface area contributed by atoms with Crippen molar-refractivity contribution in [2.45, 2.75) is 63.2 Å². The van der Waals surface area contributed by atoms with Gasteiger partial charge in [-0.3, -0.25) is 0 Å². The predicted molar refractivity (Wildman–Crippen MR) is 66.7 cm³/mol. The average Bonchev–Trinajstić information content (AvgIpc) is 2.43. The largest absolute Gasteiger partial charge is 0.329 e. The molecule has 96 valence electrons. The Kier molecular flexibility index (Phi) is 4.76. The zero-order valence-corrected chi connectivity index (χ0v) is 11.1. The minimum Gasteiger partial charge on any atom is -0.329 e. The second-order valence-electron chi connectivity index (χ2n) is 5.09. The molecule has 0 saturated heterocycles. The molecule has 0 radical (unpaired) electrons. The highest BCUT2D eigenvalue weighted by molar-refractivity contribution is 7.90. The average molecular weight is 248 g/mol. The zero-order chi connectivity index (χ0) is 12.2. The van der Waals surface area contributed by atoms with Crippen molar-refractivity contribution in [2.24, 2.45) is 5.73 Å². The lowest BCUT2D eigenvalue weighted by atomic mass is 9.92. The van der Waals surface area contributed by atoms with Gasteiger partial charge in [-0.15, -0.1) is 0 Å². The topological polar surface area (TPSA) is 72.2 Å².